The number of rotatable bonds is 3. The molecule has 0 saturated heterocycles. The number of amides is 2. The Balaban J connectivity index is 1.78. The van der Waals surface area contributed by atoms with E-state index in [0.717, 1.165) is 17.7 Å². The fraction of sp³-hybridized carbons (Fsp3) is 0.312. The van der Waals surface area contributed by atoms with Gasteiger partial charge in [0, 0.05) is 26.1 Å². The second-order valence-corrected chi connectivity index (χ2v) is 6.51. The molecule has 0 radical (unpaired) electrons. The monoisotopic (exact) mass is 331 g/mol. The van der Waals surface area contributed by atoms with E-state index in [2.05, 4.69) is 10.3 Å². The predicted molar refractivity (Wildman–Crippen MR) is 88.5 cm³/mol. The molecule has 0 unspecified atom stereocenters. The van der Waals surface area contributed by atoms with Crippen LogP contribution in [0, 0.1) is 6.92 Å². The maximum Gasteiger partial charge on any atom is 0.265 e. The van der Waals surface area contributed by atoms with Crippen molar-refractivity contribution in [1.82, 2.24) is 9.88 Å². The minimum atomic E-state index is -0.239. The van der Waals surface area contributed by atoms with Crippen LogP contribution in [0.1, 0.15) is 31.3 Å². The lowest BCUT2D eigenvalue weighted by Crippen LogP contribution is -2.21. The van der Waals surface area contributed by atoms with Crippen LogP contribution in [0.5, 0.6) is 5.75 Å². The average molecular weight is 331 g/mol. The first kappa shape index (κ1) is 15.5. The Bertz CT molecular complexity index is 783. The Labute approximate surface area is 138 Å². The number of benzene rings is 1. The third kappa shape index (κ3) is 3.05. The van der Waals surface area contributed by atoms with Crippen molar-refractivity contribution in [3.63, 3.8) is 0 Å². The molecule has 2 heterocycles. The molecule has 0 aliphatic carbocycles. The predicted octanol–water partition coefficient (Wildman–Crippen LogP) is 2.34. The van der Waals surface area contributed by atoms with Gasteiger partial charge in [-0.25, -0.2) is 4.98 Å². The van der Waals surface area contributed by atoms with E-state index in [-0.39, 0.29) is 11.8 Å². The lowest BCUT2D eigenvalue weighted by atomic mass is 10.1. The number of thiazole rings is 1. The first-order valence-electron chi connectivity index (χ1n) is 7.22. The van der Waals surface area contributed by atoms with Crippen molar-refractivity contribution < 1.29 is 14.3 Å². The first-order chi connectivity index (χ1) is 11.0. The van der Waals surface area contributed by atoms with Crippen molar-refractivity contribution in [1.29, 1.82) is 0 Å². The number of hydrogen-bond donors (Lipinski definition) is 1. The van der Waals surface area contributed by atoms with Gasteiger partial charge >= 0.3 is 0 Å². The van der Waals surface area contributed by atoms with E-state index in [9.17, 15) is 9.59 Å². The van der Waals surface area contributed by atoms with Gasteiger partial charge in [-0.15, -0.1) is 0 Å². The number of ether oxygens (including phenoxy) is 1. The SMILES string of the molecule is Cc1nc(NC(=O)c2ccc3c(c2)CCO3)sc1C(=O)N(C)C. The summed E-state index contributed by atoms with van der Waals surface area (Å²) in [5, 5.41) is 3.19. The number of aryl methyl sites for hydroxylation is 1. The number of carbonyl (C=O) groups is 2. The van der Waals surface area contributed by atoms with Gasteiger partial charge < -0.3 is 9.64 Å². The molecular formula is C16H17N3O3S. The number of nitrogens with zero attached hydrogens (tertiary/aromatic N) is 2. The highest BCUT2D eigenvalue weighted by Crippen LogP contribution is 2.27. The zero-order valence-electron chi connectivity index (χ0n) is 13.2. The molecule has 0 bridgehead atoms. The zero-order chi connectivity index (χ0) is 16.6. The number of nitrogens with one attached hydrogen (secondary N) is 1. The summed E-state index contributed by atoms with van der Waals surface area (Å²) in [5.41, 5.74) is 2.21. The number of carbonyl (C=O) groups excluding carboxylic acids is 2. The number of hydrogen-bond acceptors (Lipinski definition) is 5. The molecule has 120 valence electrons. The van der Waals surface area contributed by atoms with Crippen LogP contribution in [0.4, 0.5) is 5.13 Å². The third-order valence-electron chi connectivity index (χ3n) is 3.57. The van der Waals surface area contributed by atoms with Crippen LogP contribution < -0.4 is 10.1 Å². The maximum atomic E-state index is 12.4. The smallest absolute Gasteiger partial charge is 0.265 e. The van der Waals surface area contributed by atoms with Crippen molar-refractivity contribution in [3.05, 3.63) is 39.9 Å². The number of anilines is 1. The molecule has 1 N–H and O–H groups in total. The van der Waals surface area contributed by atoms with E-state index in [4.69, 9.17) is 4.74 Å². The van der Waals surface area contributed by atoms with Gasteiger partial charge in [0.1, 0.15) is 10.6 Å². The van der Waals surface area contributed by atoms with Crippen molar-refractivity contribution >= 4 is 28.3 Å². The van der Waals surface area contributed by atoms with Crippen molar-refractivity contribution in [2.45, 2.75) is 13.3 Å². The van der Waals surface area contributed by atoms with E-state index in [1.165, 1.54) is 16.2 Å². The van der Waals surface area contributed by atoms with Crippen LogP contribution in [-0.2, 0) is 6.42 Å². The van der Waals surface area contributed by atoms with Gasteiger partial charge in [-0.05, 0) is 30.7 Å². The average Bonchev–Trinajstić information content (AvgIpc) is 3.11. The minimum absolute atomic E-state index is 0.116. The maximum absolute atomic E-state index is 12.4. The van der Waals surface area contributed by atoms with E-state index in [1.807, 2.05) is 12.1 Å². The van der Waals surface area contributed by atoms with Gasteiger partial charge in [-0.3, -0.25) is 14.9 Å². The number of fused-ring (bicyclic) bond motifs is 1. The van der Waals surface area contributed by atoms with Crippen molar-refractivity contribution in [2.24, 2.45) is 0 Å². The number of aromatic nitrogens is 1. The van der Waals surface area contributed by atoms with Crippen molar-refractivity contribution in [2.75, 3.05) is 26.0 Å². The Morgan fingerprint density at radius 1 is 1.35 bits per heavy atom. The molecule has 3 rings (SSSR count). The van der Waals surface area contributed by atoms with Crippen LogP contribution in [-0.4, -0.2) is 42.4 Å². The summed E-state index contributed by atoms with van der Waals surface area (Å²) in [7, 11) is 3.37. The van der Waals surface area contributed by atoms with E-state index < -0.39 is 0 Å². The highest BCUT2D eigenvalue weighted by molar-refractivity contribution is 7.17. The molecular weight excluding hydrogens is 314 g/mol. The largest absolute Gasteiger partial charge is 0.493 e. The Morgan fingerprint density at radius 3 is 2.87 bits per heavy atom. The van der Waals surface area contributed by atoms with Gasteiger partial charge in [0.15, 0.2) is 5.13 Å². The lowest BCUT2D eigenvalue weighted by molar-refractivity contribution is 0.0831. The topological polar surface area (TPSA) is 71.5 Å². The summed E-state index contributed by atoms with van der Waals surface area (Å²) >= 11 is 1.19. The van der Waals surface area contributed by atoms with Crippen LogP contribution in [0.3, 0.4) is 0 Å². The van der Waals surface area contributed by atoms with Crippen LogP contribution in [0.2, 0.25) is 0 Å². The summed E-state index contributed by atoms with van der Waals surface area (Å²) in [6.45, 7) is 2.41. The zero-order valence-corrected chi connectivity index (χ0v) is 14.0. The summed E-state index contributed by atoms with van der Waals surface area (Å²) in [4.78, 5) is 30.7. The molecule has 7 heteroatoms. The second kappa shape index (κ2) is 6.00. The van der Waals surface area contributed by atoms with Gasteiger partial charge in [0.25, 0.3) is 11.8 Å². The molecule has 23 heavy (non-hydrogen) atoms. The summed E-state index contributed by atoms with van der Waals surface area (Å²) in [6.07, 6.45) is 0.814. The third-order valence-corrected chi connectivity index (χ3v) is 4.63. The molecule has 1 aromatic carbocycles. The van der Waals surface area contributed by atoms with Crippen LogP contribution >= 0.6 is 11.3 Å². The second-order valence-electron chi connectivity index (χ2n) is 5.51. The molecule has 1 aliphatic rings. The highest BCUT2D eigenvalue weighted by Gasteiger charge is 2.19. The minimum Gasteiger partial charge on any atom is -0.493 e. The normalized spacial score (nSPS) is 12.5. The Kier molecular flexibility index (Phi) is 4.04. The first-order valence-corrected chi connectivity index (χ1v) is 8.03. The van der Waals surface area contributed by atoms with Gasteiger partial charge in [0.05, 0.1) is 12.3 Å². The Hall–Kier alpha value is -2.41. The fourth-order valence-electron chi connectivity index (χ4n) is 2.35. The molecule has 0 spiro atoms. The molecule has 0 atom stereocenters. The molecule has 6 nitrogen and oxygen atoms in total. The summed E-state index contributed by atoms with van der Waals surface area (Å²) in [5.74, 6) is 0.484. The quantitative estimate of drug-likeness (QED) is 0.937. The van der Waals surface area contributed by atoms with E-state index in [0.29, 0.717) is 27.9 Å². The molecule has 1 aromatic heterocycles. The van der Waals surface area contributed by atoms with Gasteiger partial charge in [-0.2, -0.15) is 0 Å². The molecule has 2 amide bonds. The van der Waals surface area contributed by atoms with Gasteiger partial charge in [-0.1, -0.05) is 11.3 Å². The van der Waals surface area contributed by atoms with E-state index in [1.54, 1.807) is 27.1 Å². The van der Waals surface area contributed by atoms with Crippen LogP contribution in [0.15, 0.2) is 18.2 Å². The standard InChI is InChI=1S/C16H17N3O3S/c1-9-13(15(21)19(2)3)23-16(17-9)18-14(20)11-4-5-12-10(8-11)6-7-22-12/h4-5,8H,6-7H2,1-3H3,(H,17,18,20). The lowest BCUT2D eigenvalue weighted by Gasteiger charge is -2.07. The van der Waals surface area contributed by atoms with Crippen LogP contribution in [0.25, 0.3) is 0 Å². The molecule has 0 saturated carbocycles. The van der Waals surface area contributed by atoms with Gasteiger partial charge in [0.2, 0.25) is 0 Å². The van der Waals surface area contributed by atoms with E-state index >= 15 is 0 Å². The molecule has 0 fully saturated rings. The molecule has 2 aromatic rings. The Morgan fingerprint density at radius 2 is 2.13 bits per heavy atom. The highest BCUT2D eigenvalue weighted by atomic mass is 32.1. The summed E-state index contributed by atoms with van der Waals surface area (Å²) < 4.78 is 5.44. The summed E-state index contributed by atoms with van der Waals surface area (Å²) in [6, 6.07) is 5.38. The van der Waals surface area contributed by atoms with Crippen molar-refractivity contribution in [3.8, 4) is 5.75 Å². The molecule has 1 aliphatic heterocycles. The fourth-order valence-corrected chi connectivity index (χ4v) is 3.33.